The Morgan fingerprint density at radius 3 is 2.26 bits per heavy atom. The molecule has 1 amide bonds. The highest BCUT2D eigenvalue weighted by molar-refractivity contribution is 9.10. The van der Waals surface area contributed by atoms with Crippen molar-refractivity contribution in [1.29, 1.82) is 0 Å². The number of halogens is 2. The monoisotopic (exact) mass is 483 g/mol. The Balaban J connectivity index is 1.50. The van der Waals surface area contributed by atoms with Crippen molar-refractivity contribution in [2.45, 2.75) is 18.4 Å². The number of rotatable bonds is 6. The van der Waals surface area contributed by atoms with E-state index in [4.69, 9.17) is 4.74 Å². The maximum absolute atomic E-state index is 14.3. The van der Waals surface area contributed by atoms with Gasteiger partial charge in [-0.2, -0.15) is 0 Å². The number of carbonyl (C=O) groups is 2. The van der Waals surface area contributed by atoms with Crippen LogP contribution in [0.15, 0.2) is 71.2 Å². The molecular weight excluding hydrogens is 465 g/mol. The van der Waals surface area contributed by atoms with Gasteiger partial charge in [0.25, 0.3) is 0 Å². The Morgan fingerprint density at radius 1 is 1.03 bits per heavy atom. The van der Waals surface area contributed by atoms with Crippen LogP contribution in [0, 0.1) is 5.82 Å². The van der Waals surface area contributed by atoms with Gasteiger partial charge in [-0.25, -0.2) is 9.18 Å². The summed E-state index contributed by atoms with van der Waals surface area (Å²) in [6.45, 7) is 0.0839. The van der Waals surface area contributed by atoms with Gasteiger partial charge >= 0.3 is 12.1 Å². The molecule has 5 nitrogen and oxygen atoms in total. The summed E-state index contributed by atoms with van der Waals surface area (Å²) in [7, 11) is 0. The molecule has 1 atom stereocenters. The molecule has 0 radical (unpaired) electrons. The van der Waals surface area contributed by atoms with E-state index in [1.54, 1.807) is 0 Å². The molecule has 0 aliphatic heterocycles. The van der Waals surface area contributed by atoms with Crippen molar-refractivity contribution in [3.8, 4) is 11.1 Å². The predicted octanol–water partition coefficient (Wildman–Crippen LogP) is 5.64. The third kappa shape index (κ3) is 4.46. The molecule has 7 heteroatoms. The molecule has 0 bridgehead atoms. The number of carbonyl (C=O) groups excluding carboxylic acids is 1. The number of ether oxygens (including phenoxy) is 1. The number of carboxylic acid groups (broad SMARTS) is 1. The van der Waals surface area contributed by atoms with Crippen LogP contribution in [-0.4, -0.2) is 23.8 Å². The van der Waals surface area contributed by atoms with Crippen LogP contribution in [0.1, 0.15) is 35.1 Å². The number of fused-ring (bicyclic) bond motifs is 3. The lowest BCUT2D eigenvalue weighted by atomic mass is 9.98. The lowest BCUT2D eigenvalue weighted by Crippen LogP contribution is -2.32. The molecule has 0 aromatic heterocycles. The molecule has 0 fully saturated rings. The Bertz CT molecular complexity index is 1100. The fourth-order valence-electron chi connectivity index (χ4n) is 3.98. The van der Waals surface area contributed by atoms with Crippen molar-refractivity contribution in [3.05, 3.63) is 93.7 Å². The predicted molar refractivity (Wildman–Crippen MR) is 117 cm³/mol. The van der Waals surface area contributed by atoms with E-state index in [-0.39, 0.29) is 18.1 Å². The molecule has 0 spiro atoms. The molecule has 31 heavy (non-hydrogen) atoms. The molecule has 1 aliphatic rings. The summed E-state index contributed by atoms with van der Waals surface area (Å²) in [6.07, 6.45) is -1.27. The minimum Gasteiger partial charge on any atom is -0.481 e. The molecule has 2 N–H and O–H groups in total. The van der Waals surface area contributed by atoms with Crippen LogP contribution in [-0.2, 0) is 9.53 Å². The number of nitrogens with one attached hydrogen (secondary N) is 1. The Kier molecular flexibility index (Phi) is 6.04. The number of aliphatic carboxylic acids is 1. The fourth-order valence-corrected chi connectivity index (χ4v) is 4.36. The minimum absolute atomic E-state index is 0.0743. The van der Waals surface area contributed by atoms with Crippen molar-refractivity contribution < 1.29 is 23.8 Å². The lowest BCUT2D eigenvalue weighted by Gasteiger charge is -2.20. The third-order valence-corrected chi connectivity index (χ3v) is 5.84. The highest BCUT2D eigenvalue weighted by atomic mass is 79.9. The number of hydrogen-bond acceptors (Lipinski definition) is 3. The second-order valence-corrected chi connectivity index (χ2v) is 8.20. The summed E-state index contributed by atoms with van der Waals surface area (Å²) in [5.74, 6) is -1.89. The van der Waals surface area contributed by atoms with Gasteiger partial charge in [-0.1, -0.05) is 64.5 Å². The highest BCUT2D eigenvalue weighted by Crippen LogP contribution is 2.44. The Morgan fingerprint density at radius 2 is 1.65 bits per heavy atom. The SMILES string of the molecule is O=C(O)C[C@H](NC(=O)OCC1c2ccccc2-c2ccccc21)c1cc(Br)ccc1F. The van der Waals surface area contributed by atoms with E-state index in [0.717, 1.165) is 22.3 Å². The van der Waals surface area contributed by atoms with Crippen LogP contribution in [0.3, 0.4) is 0 Å². The van der Waals surface area contributed by atoms with Crippen molar-refractivity contribution in [2.24, 2.45) is 0 Å². The van der Waals surface area contributed by atoms with Crippen LogP contribution >= 0.6 is 15.9 Å². The summed E-state index contributed by atoms with van der Waals surface area (Å²) < 4.78 is 20.3. The van der Waals surface area contributed by atoms with Crippen LogP contribution in [0.5, 0.6) is 0 Å². The van der Waals surface area contributed by atoms with Crippen molar-refractivity contribution in [1.82, 2.24) is 5.32 Å². The molecule has 158 valence electrons. The number of carboxylic acids is 1. The quantitative estimate of drug-likeness (QED) is 0.475. The van der Waals surface area contributed by atoms with E-state index < -0.39 is 30.3 Å². The average molecular weight is 484 g/mol. The van der Waals surface area contributed by atoms with E-state index >= 15 is 0 Å². The second-order valence-electron chi connectivity index (χ2n) is 7.29. The third-order valence-electron chi connectivity index (χ3n) is 5.35. The van der Waals surface area contributed by atoms with E-state index in [9.17, 15) is 19.1 Å². The van der Waals surface area contributed by atoms with Gasteiger partial charge < -0.3 is 15.2 Å². The van der Waals surface area contributed by atoms with Gasteiger partial charge in [-0.05, 0) is 40.5 Å². The molecule has 0 unspecified atom stereocenters. The average Bonchev–Trinajstić information content (AvgIpc) is 3.07. The summed E-state index contributed by atoms with van der Waals surface area (Å²) in [5.41, 5.74) is 4.41. The summed E-state index contributed by atoms with van der Waals surface area (Å²) in [6, 6.07) is 19.0. The van der Waals surface area contributed by atoms with E-state index in [1.165, 1.54) is 18.2 Å². The van der Waals surface area contributed by atoms with E-state index in [0.29, 0.717) is 4.47 Å². The van der Waals surface area contributed by atoms with Gasteiger partial charge in [0.15, 0.2) is 0 Å². The first-order valence-corrected chi connectivity index (χ1v) is 10.5. The normalized spacial score (nSPS) is 13.2. The summed E-state index contributed by atoms with van der Waals surface area (Å²) in [5, 5.41) is 11.7. The highest BCUT2D eigenvalue weighted by Gasteiger charge is 2.29. The van der Waals surface area contributed by atoms with Gasteiger partial charge in [0.1, 0.15) is 12.4 Å². The standard InChI is InChI=1S/C24H19BrFNO4/c25-14-9-10-21(26)19(11-14)22(12-23(28)29)27-24(30)31-13-20-17-7-3-1-5-15(17)16-6-2-4-8-18(16)20/h1-11,20,22H,12-13H2,(H,27,30)(H,28,29)/t22-/m0/s1. The maximum atomic E-state index is 14.3. The van der Waals surface area contributed by atoms with Crippen LogP contribution < -0.4 is 5.32 Å². The summed E-state index contributed by atoms with van der Waals surface area (Å²) in [4.78, 5) is 23.8. The van der Waals surface area contributed by atoms with Gasteiger partial charge in [-0.3, -0.25) is 4.79 Å². The zero-order chi connectivity index (χ0) is 22.0. The smallest absolute Gasteiger partial charge is 0.407 e. The first kappa shape index (κ1) is 21.1. The lowest BCUT2D eigenvalue weighted by molar-refractivity contribution is -0.137. The maximum Gasteiger partial charge on any atom is 0.407 e. The van der Waals surface area contributed by atoms with Crippen LogP contribution in [0.2, 0.25) is 0 Å². The van der Waals surface area contributed by atoms with Gasteiger partial charge in [0, 0.05) is 16.0 Å². The first-order valence-electron chi connectivity index (χ1n) is 9.72. The van der Waals surface area contributed by atoms with Crippen molar-refractivity contribution in [2.75, 3.05) is 6.61 Å². The number of alkyl carbamates (subject to hydrolysis) is 1. The van der Waals surface area contributed by atoms with Crippen molar-refractivity contribution in [3.63, 3.8) is 0 Å². The second kappa shape index (κ2) is 8.89. The molecule has 3 aromatic rings. The van der Waals surface area contributed by atoms with E-state index in [2.05, 4.69) is 21.2 Å². The van der Waals surface area contributed by atoms with Gasteiger partial charge in [0.2, 0.25) is 0 Å². The molecular formula is C24H19BrFNO4. The largest absolute Gasteiger partial charge is 0.481 e. The van der Waals surface area contributed by atoms with Crippen LogP contribution in [0.25, 0.3) is 11.1 Å². The van der Waals surface area contributed by atoms with Gasteiger partial charge in [0.05, 0.1) is 12.5 Å². The molecule has 3 aromatic carbocycles. The topological polar surface area (TPSA) is 75.6 Å². The number of benzene rings is 3. The molecule has 0 saturated heterocycles. The molecule has 4 rings (SSSR count). The van der Waals surface area contributed by atoms with E-state index in [1.807, 2.05) is 48.5 Å². The fraction of sp³-hybridized carbons (Fsp3) is 0.167. The first-order chi connectivity index (χ1) is 14.9. The molecule has 0 saturated carbocycles. The molecule has 0 heterocycles. The zero-order valence-electron chi connectivity index (χ0n) is 16.3. The zero-order valence-corrected chi connectivity index (χ0v) is 17.9. The minimum atomic E-state index is -1.16. The Labute approximate surface area is 187 Å². The van der Waals surface area contributed by atoms with Crippen LogP contribution in [0.4, 0.5) is 9.18 Å². The summed E-state index contributed by atoms with van der Waals surface area (Å²) >= 11 is 3.25. The Hall–Kier alpha value is -3.19. The van der Waals surface area contributed by atoms with Crippen molar-refractivity contribution >= 4 is 28.0 Å². The number of amides is 1. The number of hydrogen-bond donors (Lipinski definition) is 2. The molecule has 1 aliphatic carbocycles. The van der Waals surface area contributed by atoms with Gasteiger partial charge in [-0.15, -0.1) is 0 Å².